The smallest absolute Gasteiger partial charge is 0.0547 e. The van der Waals surface area contributed by atoms with Crippen LogP contribution in [0.4, 0.5) is 0 Å². The van der Waals surface area contributed by atoms with E-state index in [1.165, 1.54) is 44.1 Å². The average molecular weight is 277 g/mol. The van der Waals surface area contributed by atoms with Gasteiger partial charge in [-0.25, -0.2) is 0 Å². The molecule has 1 aliphatic carbocycles. The van der Waals surface area contributed by atoms with Crippen LogP contribution in [0.1, 0.15) is 83.4 Å². The summed E-state index contributed by atoms with van der Waals surface area (Å²) in [6, 6.07) is 1.10. The third-order valence-electron chi connectivity index (χ3n) is 4.81. The van der Waals surface area contributed by atoms with Gasteiger partial charge in [-0.05, 0) is 38.1 Å². The second kappa shape index (κ2) is 7.82. The minimum absolute atomic E-state index is 0.465. The summed E-state index contributed by atoms with van der Waals surface area (Å²) in [5, 5.41) is 8.32. The number of nitrogens with zero attached hydrogens (tertiary/aromatic N) is 2. The summed E-state index contributed by atoms with van der Waals surface area (Å²) in [7, 11) is 0. The van der Waals surface area contributed by atoms with E-state index < -0.39 is 0 Å². The van der Waals surface area contributed by atoms with Crippen molar-refractivity contribution in [2.75, 3.05) is 6.54 Å². The fourth-order valence-corrected chi connectivity index (χ4v) is 3.54. The topological polar surface area (TPSA) is 29.9 Å². The van der Waals surface area contributed by atoms with Crippen molar-refractivity contribution in [1.82, 2.24) is 15.1 Å². The van der Waals surface area contributed by atoms with Gasteiger partial charge in [-0.1, -0.05) is 40.0 Å². The molecule has 3 heteroatoms. The van der Waals surface area contributed by atoms with Gasteiger partial charge in [0.25, 0.3) is 0 Å². The van der Waals surface area contributed by atoms with Crippen molar-refractivity contribution >= 4 is 0 Å². The van der Waals surface area contributed by atoms with Crippen LogP contribution in [0.5, 0.6) is 0 Å². The number of aromatic nitrogens is 2. The number of hydrogen-bond acceptors (Lipinski definition) is 2. The van der Waals surface area contributed by atoms with Gasteiger partial charge in [0.05, 0.1) is 12.2 Å². The zero-order valence-corrected chi connectivity index (χ0v) is 13.4. The zero-order valence-electron chi connectivity index (χ0n) is 13.4. The Balaban J connectivity index is 2.06. The quantitative estimate of drug-likeness (QED) is 0.796. The summed E-state index contributed by atoms with van der Waals surface area (Å²) in [5.74, 6) is 0.820. The first kappa shape index (κ1) is 15.6. The van der Waals surface area contributed by atoms with E-state index in [-0.39, 0.29) is 0 Å². The number of nitrogens with one attached hydrogen (secondary N) is 1. The third-order valence-corrected chi connectivity index (χ3v) is 4.81. The lowest BCUT2D eigenvalue weighted by atomic mass is 9.83. The second-order valence-corrected chi connectivity index (χ2v) is 6.19. The fraction of sp³-hybridized carbons (Fsp3) is 0.824. The molecule has 1 fully saturated rings. The van der Waals surface area contributed by atoms with Gasteiger partial charge < -0.3 is 5.32 Å². The van der Waals surface area contributed by atoms with E-state index in [1.54, 1.807) is 0 Å². The van der Waals surface area contributed by atoms with E-state index in [0.717, 1.165) is 18.9 Å². The molecule has 0 amide bonds. The van der Waals surface area contributed by atoms with Gasteiger partial charge in [0.2, 0.25) is 0 Å². The summed E-state index contributed by atoms with van der Waals surface area (Å²) in [4.78, 5) is 0. The third kappa shape index (κ3) is 3.63. The Morgan fingerprint density at radius 3 is 2.80 bits per heavy atom. The summed E-state index contributed by atoms with van der Waals surface area (Å²) in [5.41, 5.74) is 1.36. The molecule has 114 valence electrons. The van der Waals surface area contributed by atoms with E-state index in [0.29, 0.717) is 12.1 Å². The lowest BCUT2D eigenvalue weighted by Crippen LogP contribution is -2.23. The van der Waals surface area contributed by atoms with E-state index in [1.807, 2.05) is 0 Å². The average Bonchev–Trinajstić information content (AvgIpc) is 2.97. The molecule has 3 nitrogen and oxygen atoms in total. The van der Waals surface area contributed by atoms with Gasteiger partial charge in [0.1, 0.15) is 0 Å². The highest BCUT2D eigenvalue weighted by molar-refractivity contribution is 5.11. The molecule has 0 bridgehead atoms. The molecule has 0 radical (unpaired) electrons. The Bertz CT molecular complexity index is 385. The maximum atomic E-state index is 4.69. The fourth-order valence-electron chi connectivity index (χ4n) is 3.54. The molecule has 0 saturated heterocycles. The molecule has 1 saturated carbocycles. The Hall–Kier alpha value is -0.830. The predicted molar refractivity (Wildman–Crippen MR) is 84.8 cm³/mol. The van der Waals surface area contributed by atoms with Crippen molar-refractivity contribution in [1.29, 1.82) is 0 Å². The van der Waals surface area contributed by atoms with Crippen molar-refractivity contribution in [3.8, 4) is 0 Å². The van der Waals surface area contributed by atoms with Gasteiger partial charge in [-0.3, -0.25) is 4.68 Å². The summed E-state index contributed by atoms with van der Waals surface area (Å²) in [6.07, 6.45) is 13.4. The first-order valence-corrected chi connectivity index (χ1v) is 8.57. The maximum Gasteiger partial charge on any atom is 0.0547 e. The van der Waals surface area contributed by atoms with Crippen LogP contribution in [0, 0.1) is 5.92 Å². The molecule has 3 unspecified atom stereocenters. The largest absolute Gasteiger partial charge is 0.310 e. The van der Waals surface area contributed by atoms with E-state index in [2.05, 4.69) is 43.2 Å². The van der Waals surface area contributed by atoms with Crippen molar-refractivity contribution in [2.24, 2.45) is 5.92 Å². The molecule has 1 aromatic heterocycles. The molecular weight excluding hydrogens is 246 g/mol. The summed E-state index contributed by atoms with van der Waals surface area (Å²) >= 11 is 0. The zero-order chi connectivity index (χ0) is 14.4. The van der Waals surface area contributed by atoms with Gasteiger partial charge in [-0.15, -0.1) is 0 Å². The normalized spacial score (nSPS) is 24.8. The van der Waals surface area contributed by atoms with E-state index in [4.69, 9.17) is 5.10 Å². The molecule has 0 spiro atoms. The van der Waals surface area contributed by atoms with Crippen molar-refractivity contribution in [2.45, 2.75) is 77.8 Å². The van der Waals surface area contributed by atoms with Crippen LogP contribution in [-0.4, -0.2) is 16.3 Å². The van der Waals surface area contributed by atoms with Crippen molar-refractivity contribution in [3.05, 3.63) is 18.0 Å². The highest BCUT2D eigenvalue weighted by Gasteiger charge is 2.26. The molecule has 3 atom stereocenters. The minimum Gasteiger partial charge on any atom is -0.310 e. The monoisotopic (exact) mass is 277 g/mol. The molecule has 20 heavy (non-hydrogen) atoms. The molecule has 0 aromatic carbocycles. The van der Waals surface area contributed by atoms with Crippen LogP contribution in [0.25, 0.3) is 0 Å². The standard InChI is InChI=1S/C17H31N3/c1-4-11-18-16(6-3)15-12-19-20(13-15)17-10-8-7-9-14(17)5-2/h12-14,16-18H,4-11H2,1-3H3. The maximum absolute atomic E-state index is 4.69. The minimum atomic E-state index is 0.465. The molecule has 0 aliphatic heterocycles. The Morgan fingerprint density at radius 2 is 2.10 bits per heavy atom. The van der Waals surface area contributed by atoms with Crippen molar-refractivity contribution < 1.29 is 0 Å². The van der Waals surface area contributed by atoms with Crippen LogP contribution >= 0.6 is 0 Å². The van der Waals surface area contributed by atoms with E-state index >= 15 is 0 Å². The van der Waals surface area contributed by atoms with Crippen molar-refractivity contribution in [3.63, 3.8) is 0 Å². The second-order valence-electron chi connectivity index (χ2n) is 6.19. The van der Waals surface area contributed by atoms with E-state index in [9.17, 15) is 0 Å². The first-order valence-electron chi connectivity index (χ1n) is 8.57. The highest BCUT2D eigenvalue weighted by Crippen LogP contribution is 2.35. The van der Waals surface area contributed by atoms with Gasteiger partial charge >= 0.3 is 0 Å². The predicted octanol–water partition coefficient (Wildman–Crippen LogP) is 4.48. The Kier molecular flexibility index (Phi) is 6.08. The van der Waals surface area contributed by atoms with Crippen LogP contribution in [0.2, 0.25) is 0 Å². The van der Waals surface area contributed by atoms with Crippen LogP contribution < -0.4 is 5.32 Å². The Labute approximate surface area is 124 Å². The summed E-state index contributed by atoms with van der Waals surface area (Å²) in [6.45, 7) is 7.88. The van der Waals surface area contributed by atoms with Gasteiger partial charge in [0.15, 0.2) is 0 Å². The highest BCUT2D eigenvalue weighted by atomic mass is 15.3. The molecular formula is C17H31N3. The molecule has 1 aromatic rings. The number of rotatable bonds is 7. The molecule has 2 rings (SSSR count). The molecule has 1 heterocycles. The number of hydrogen-bond donors (Lipinski definition) is 1. The summed E-state index contributed by atoms with van der Waals surface area (Å²) < 4.78 is 2.26. The van der Waals surface area contributed by atoms with Gasteiger partial charge in [-0.2, -0.15) is 5.10 Å². The lowest BCUT2D eigenvalue weighted by molar-refractivity contribution is 0.217. The van der Waals surface area contributed by atoms with Crippen LogP contribution in [0.3, 0.4) is 0 Å². The van der Waals surface area contributed by atoms with Gasteiger partial charge in [0, 0.05) is 17.8 Å². The first-order chi connectivity index (χ1) is 9.80. The van der Waals surface area contributed by atoms with Crippen LogP contribution in [0.15, 0.2) is 12.4 Å². The van der Waals surface area contributed by atoms with Crippen LogP contribution in [-0.2, 0) is 0 Å². The Morgan fingerprint density at radius 1 is 1.30 bits per heavy atom. The molecule has 1 N–H and O–H groups in total. The SMILES string of the molecule is CCCNC(CC)c1cnn(C2CCCCC2CC)c1. The molecule has 1 aliphatic rings. The lowest BCUT2D eigenvalue weighted by Gasteiger charge is -2.31.